The van der Waals surface area contributed by atoms with Gasteiger partial charge >= 0.3 is 5.69 Å². The van der Waals surface area contributed by atoms with Gasteiger partial charge in [0.2, 0.25) is 0 Å². The standard InChI is InChI=1S/C11H10N6O/c12-8-1-2-14-9(5-8)7-17-11(18)16-4-3-13-6-10(16)15-17/h1-6H,7H2,(H2,12,14). The number of nitrogen functional groups attached to an aromatic ring is 1. The number of anilines is 1. The lowest BCUT2D eigenvalue weighted by Gasteiger charge is -1.99. The predicted octanol–water partition coefficient (Wildman–Crippen LogP) is -0.0835. The second-order valence-corrected chi connectivity index (χ2v) is 3.83. The van der Waals surface area contributed by atoms with E-state index in [-0.39, 0.29) is 12.2 Å². The van der Waals surface area contributed by atoms with Gasteiger partial charge in [-0.05, 0) is 12.1 Å². The first-order valence-electron chi connectivity index (χ1n) is 5.33. The van der Waals surface area contributed by atoms with Crippen molar-refractivity contribution in [3.05, 3.63) is 53.1 Å². The van der Waals surface area contributed by atoms with Crippen LogP contribution in [0.2, 0.25) is 0 Å². The molecule has 3 rings (SSSR count). The topological polar surface area (TPSA) is 91.1 Å². The summed E-state index contributed by atoms with van der Waals surface area (Å²) in [5.41, 5.74) is 7.24. The zero-order valence-electron chi connectivity index (χ0n) is 9.39. The fourth-order valence-corrected chi connectivity index (χ4v) is 1.72. The first-order chi connectivity index (χ1) is 8.74. The molecule has 0 unspecified atom stereocenters. The molecule has 0 bridgehead atoms. The zero-order chi connectivity index (χ0) is 12.5. The summed E-state index contributed by atoms with van der Waals surface area (Å²) in [5.74, 6) is 0. The number of nitrogens with two attached hydrogens (primary N) is 1. The molecule has 0 fully saturated rings. The van der Waals surface area contributed by atoms with Crippen LogP contribution in [0.25, 0.3) is 5.65 Å². The van der Waals surface area contributed by atoms with E-state index < -0.39 is 0 Å². The van der Waals surface area contributed by atoms with E-state index in [4.69, 9.17) is 5.73 Å². The predicted molar refractivity (Wildman–Crippen MR) is 65.0 cm³/mol. The van der Waals surface area contributed by atoms with Crippen molar-refractivity contribution in [3.63, 3.8) is 0 Å². The van der Waals surface area contributed by atoms with Gasteiger partial charge in [-0.1, -0.05) is 0 Å². The Morgan fingerprint density at radius 3 is 3.00 bits per heavy atom. The molecule has 3 aromatic heterocycles. The summed E-state index contributed by atoms with van der Waals surface area (Å²) in [4.78, 5) is 20.1. The summed E-state index contributed by atoms with van der Waals surface area (Å²) < 4.78 is 2.76. The van der Waals surface area contributed by atoms with Gasteiger partial charge in [0.25, 0.3) is 0 Å². The fraction of sp³-hybridized carbons (Fsp3) is 0.0909. The summed E-state index contributed by atoms with van der Waals surface area (Å²) in [6, 6.07) is 3.41. The van der Waals surface area contributed by atoms with Crippen molar-refractivity contribution in [1.82, 2.24) is 24.1 Å². The first-order valence-corrected chi connectivity index (χ1v) is 5.33. The van der Waals surface area contributed by atoms with E-state index in [2.05, 4.69) is 15.1 Å². The normalized spacial score (nSPS) is 10.9. The maximum atomic E-state index is 12.0. The lowest BCUT2D eigenvalue weighted by Crippen LogP contribution is -2.22. The molecular formula is C11H10N6O. The Morgan fingerprint density at radius 1 is 1.33 bits per heavy atom. The number of hydrogen-bond donors (Lipinski definition) is 1. The van der Waals surface area contributed by atoms with Crippen LogP contribution in [-0.2, 0) is 6.54 Å². The molecule has 3 heterocycles. The number of pyridine rings is 1. The largest absolute Gasteiger partial charge is 0.399 e. The third-order valence-electron chi connectivity index (χ3n) is 2.54. The number of rotatable bonds is 2. The Morgan fingerprint density at radius 2 is 2.22 bits per heavy atom. The van der Waals surface area contributed by atoms with Crippen molar-refractivity contribution in [2.45, 2.75) is 6.54 Å². The summed E-state index contributed by atoms with van der Waals surface area (Å²) >= 11 is 0. The molecule has 0 amide bonds. The monoisotopic (exact) mass is 242 g/mol. The van der Waals surface area contributed by atoms with Crippen molar-refractivity contribution in [2.75, 3.05) is 5.73 Å². The lowest BCUT2D eigenvalue weighted by atomic mass is 10.3. The van der Waals surface area contributed by atoms with Crippen LogP contribution in [-0.4, -0.2) is 24.1 Å². The van der Waals surface area contributed by atoms with Crippen LogP contribution in [0.3, 0.4) is 0 Å². The van der Waals surface area contributed by atoms with E-state index in [1.165, 1.54) is 15.3 Å². The highest BCUT2D eigenvalue weighted by atomic mass is 16.2. The summed E-state index contributed by atoms with van der Waals surface area (Å²) in [6.45, 7) is 0.283. The molecule has 0 aromatic carbocycles. The van der Waals surface area contributed by atoms with Crippen molar-refractivity contribution < 1.29 is 0 Å². The van der Waals surface area contributed by atoms with Crippen LogP contribution in [0.5, 0.6) is 0 Å². The fourth-order valence-electron chi connectivity index (χ4n) is 1.72. The first kappa shape index (κ1) is 10.5. The smallest absolute Gasteiger partial charge is 0.350 e. The van der Waals surface area contributed by atoms with Crippen LogP contribution in [0.4, 0.5) is 5.69 Å². The summed E-state index contributed by atoms with van der Waals surface area (Å²) in [6.07, 6.45) is 6.25. The van der Waals surface area contributed by atoms with Crippen molar-refractivity contribution in [2.24, 2.45) is 0 Å². The number of hydrogen-bond acceptors (Lipinski definition) is 5. The SMILES string of the molecule is Nc1ccnc(Cn2nc3cnccn3c2=O)c1. The van der Waals surface area contributed by atoms with Gasteiger partial charge < -0.3 is 5.73 Å². The number of nitrogens with zero attached hydrogens (tertiary/aromatic N) is 5. The highest BCUT2D eigenvalue weighted by Crippen LogP contribution is 2.04. The Labute approximate surface area is 102 Å². The maximum absolute atomic E-state index is 12.0. The molecule has 0 spiro atoms. The molecule has 0 saturated carbocycles. The van der Waals surface area contributed by atoms with Crippen LogP contribution in [0, 0.1) is 0 Å². The molecule has 7 nitrogen and oxygen atoms in total. The molecule has 0 atom stereocenters. The Balaban J connectivity index is 2.05. The molecule has 0 radical (unpaired) electrons. The van der Waals surface area contributed by atoms with Crippen LogP contribution in [0.1, 0.15) is 5.69 Å². The summed E-state index contributed by atoms with van der Waals surface area (Å²) in [7, 11) is 0. The molecule has 7 heteroatoms. The van der Waals surface area contributed by atoms with E-state index >= 15 is 0 Å². The lowest BCUT2D eigenvalue weighted by molar-refractivity contribution is 0.646. The number of aromatic nitrogens is 5. The van der Waals surface area contributed by atoms with Crippen LogP contribution < -0.4 is 11.4 Å². The van der Waals surface area contributed by atoms with E-state index in [9.17, 15) is 4.79 Å². The van der Waals surface area contributed by atoms with Crippen molar-refractivity contribution in [1.29, 1.82) is 0 Å². The maximum Gasteiger partial charge on any atom is 0.350 e. The van der Waals surface area contributed by atoms with Gasteiger partial charge in [0.05, 0.1) is 18.4 Å². The van der Waals surface area contributed by atoms with Gasteiger partial charge in [-0.15, -0.1) is 5.10 Å². The minimum absolute atomic E-state index is 0.225. The third kappa shape index (κ3) is 1.71. The van der Waals surface area contributed by atoms with Crippen molar-refractivity contribution >= 4 is 11.3 Å². The average Bonchev–Trinajstić information content (AvgIpc) is 2.67. The van der Waals surface area contributed by atoms with Crippen molar-refractivity contribution in [3.8, 4) is 0 Å². The number of fused-ring (bicyclic) bond motifs is 1. The van der Waals surface area contributed by atoms with Crippen LogP contribution in [0.15, 0.2) is 41.7 Å². The molecular weight excluding hydrogens is 232 g/mol. The molecule has 2 N–H and O–H groups in total. The van der Waals surface area contributed by atoms with Gasteiger partial charge in [-0.25, -0.2) is 13.9 Å². The minimum Gasteiger partial charge on any atom is -0.399 e. The molecule has 3 aromatic rings. The highest BCUT2D eigenvalue weighted by Gasteiger charge is 2.07. The molecule has 0 aliphatic heterocycles. The van der Waals surface area contributed by atoms with Crippen LogP contribution >= 0.6 is 0 Å². The van der Waals surface area contributed by atoms with Gasteiger partial charge in [0, 0.05) is 24.3 Å². The Hall–Kier alpha value is -2.70. The second kappa shape index (κ2) is 3.95. The Bertz CT molecular complexity index is 759. The van der Waals surface area contributed by atoms with Gasteiger partial charge in [0.1, 0.15) is 0 Å². The highest BCUT2D eigenvalue weighted by molar-refractivity contribution is 5.37. The molecule has 0 aliphatic rings. The molecule has 18 heavy (non-hydrogen) atoms. The van der Waals surface area contributed by atoms with Gasteiger partial charge in [0.15, 0.2) is 5.65 Å². The van der Waals surface area contributed by atoms with E-state index in [1.54, 1.807) is 30.7 Å². The van der Waals surface area contributed by atoms with E-state index in [1.807, 2.05) is 0 Å². The third-order valence-corrected chi connectivity index (χ3v) is 2.54. The zero-order valence-corrected chi connectivity index (χ0v) is 9.39. The average molecular weight is 242 g/mol. The molecule has 0 saturated heterocycles. The minimum atomic E-state index is -0.225. The Kier molecular flexibility index (Phi) is 2.30. The quantitative estimate of drug-likeness (QED) is 0.678. The summed E-state index contributed by atoms with van der Waals surface area (Å²) in [5, 5.41) is 4.16. The second-order valence-electron chi connectivity index (χ2n) is 3.83. The molecule has 90 valence electrons. The molecule has 0 aliphatic carbocycles. The van der Waals surface area contributed by atoms with Gasteiger partial charge in [-0.3, -0.25) is 9.97 Å². The van der Waals surface area contributed by atoms with E-state index in [0.717, 1.165) is 0 Å². The van der Waals surface area contributed by atoms with E-state index in [0.29, 0.717) is 17.0 Å². The van der Waals surface area contributed by atoms with Gasteiger partial charge in [-0.2, -0.15) is 0 Å².